The number of carbonyl (C=O) groups excluding carboxylic acids is 1. The van der Waals surface area contributed by atoms with Gasteiger partial charge in [0.15, 0.2) is 0 Å². The van der Waals surface area contributed by atoms with Gasteiger partial charge in [0, 0.05) is 32.6 Å². The maximum Gasteiger partial charge on any atom is 0.222 e. The molecule has 1 unspecified atom stereocenters. The summed E-state index contributed by atoms with van der Waals surface area (Å²) < 4.78 is 24.7. The number of rotatable bonds is 4. The molecule has 128 valence electrons. The minimum absolute atomic E-state index is 0.182. The molecule has 2 rings (SSSR count). The first-order valence-corrected chi connectivity index (χ1v) is 10.2. The number of carbonyl (C=O) groups is 1. The number of hydrogen-bond acceptors (Lipinski definition) is 4. The molecule has 1 amide bonds. The molecule has 2 saturated heterocycles. The minimum atomic E-state index is -3.15. The van der Waals surface area contributed by atoms with Crippen molar-refractivity contribution in [2.75, 3.05) is 45.5 Å². The molecule has 1 atom stereocenters. The fourth-order valence-electron chi connectivity index (χ4n) is 3.46. The molecule has 2 fully saturated rings. The Bertz CT molecular complexity index is 474. The first-order chi connectivity index (χ1) is 10.4. The second-order valence-corrected chi connectivity index (χ2v) is 8.65. The van der Waals surface area contributed by atoms with E-state index in [0.717, 1.165) is 32.4 Å². The van der Waals surface area contributed by atoms with E-state index in [1.807, 2.05) is 4.90 Å². The fourth-order valence-corrected chi connectivity index (χ4v) is 4.33. The first kappa shape index (κ1) is 17.7. The Balaban J connectivity index is 1.84. The number of hydrogen-bond donors (Lipinski definition) is 1. The molecule has 0 aromatic rings. The van der Waals surface area contributed by atoms with E-state index in [1.54, 1.807) is 0 Å². The molecule has 0 bridgehead atoms. The molecule has 0 aromatic heterocycles. The van der Waals surface area contributed by atoms with Crippen molar-refractivity contribution in [2.24, 2.45) is 11.8 Å². The van der Waals surface area contributed by atoms with Crippen LogP contribution in [0.15, 0.2) is 0 Å². The van der Waals surface area contributed by atoms with Crippen molar-refractivity contribution in [1.29, 1.82) is 0 Å². The summed E-state index contributed by atoms with van der Waals surface area (Å²) in [6, 6.07) is 0. The van der Waals surface area contributed by atoms with Gasteiger partial charge in [-0.1, -0.05) is 6.92 Å². The standard InChI is InChI=1S/C15H29N3O3S/c1-13(14-4-6-16-7-5-14)12-15(19)17-8-3-9-18(11-10-17)22(2,20)21/h13-14,16H,3-12H2,1-2H3. The highest BCUT2D eigenvalue weighted by Gasteiger charge is 2.27. The third-order valence-electron chi connectivity index (χ3n) is 4.96. The van der Waals surface area contributed by atoms with E-state index in [9.17, 15) is 13.2 Å². The molecular weight excluding hydrogens is 302 g/mol. The van der Waals surface area contributed by atoms with Gasteiger partial charge in [0.1, 0.15) is 0 Å². The lowest BCUT2D eigenvalue weighted by atomic mass is 9.84. The highest BCUT2D eigenvalue weighted by atomic mass is 32.2. The Morgan fingerprint density at radius 3 is 2.50 bits per heavy atom. The third kappa shape index (κ3) is 4.93. The highest BCUT2D eigenvalue weighted by molar-refractivity contribution is 7.88. The number of piperidine rings is 1. The summed E-state index contributed by atoms with van der Waals surface area (Å²) in [7, 11) is -3.15. The third-order valence-corrected chi connectivity index (χ3v) is 6.26. The Hall–Kier alpha value is -0.660. The molecule has 0 radical (unpaired) electrons. The van der Waals surface area contributed by atoms with E-state index in [4.69, 9.17) is 0 Å². The maximum atomic E-state index is 12.5. The summed E-state index contributed by atoms with van der Waals surface area (Å²) in [5, 5.41) is 3.36. The summed E-state index contributed by atoms with van der Waals surface area (Å²) in [5.74, 6) is 1.22. The predicted octanol–water partition coefficient (Wildman–Crippen LogP) is 0.506. The zero-order chi connectivity index (χ0) is 16.2. The summed E-state index contributed by atoms with van der Waals surface area (Å²) in [5.41, 5.74) is 0. The summed E-state index contributed by atoms with van der Waals surface area (Å²) in [6.45, 7) is 6.41. The molecule has 2 aliphatic rings. The Kier molecular flexibility index (Phi) is 6.23. The normalized spacial score (nSPS) is 24.0. The van der Waals surface area contributed by atoms with Crippen LogP contribution in [-0.4, -0.2) is 69.1 Å². The Labute approximate surface area is 134 Å². The number of nitrogens with zero attached hydrogens (tertiary/aromatic N) is 2. The van der Waals surface area contributed by atoms with Gasteiger partial charge in [0.25, 0.3) is 0 Å². The number of nitrogens with one attached hydrogen (secondary N) is 1. The van der Waals surface area contributed by atoms with E-state index in [2.05, 4.69) is 12.2 Å². The lowest BCUT2D eigenvalue weighted by Gasteiger charge is -2.29. The maximum absolute atomic E-state index is 12.5. The summed E-state index contributed by atoms with van der Waals surface area (Å²) in [6.07, 6.45) is 4.85. The van der Waals surface area contributed by atoms with Crippen molar-refractivity contribution in [3.8, 4) is 0 Å². The van der Waals surface area contributed by atoms with Gasteiger partial charge in [0.05, 0.1) is 6.26 Å². The lowest BCUT2D eigenvalue weighted by Crippen LogP contribution is -2.38. The molecule has 2 heterocycles. The van der Waals surface area contributed by atoms with Gasteiger partial charge in [-0.05, 0) is 44.2 Å². The van der Waals surface area contributed by atoms with Crippen molar-refractivity contribution in [3.63, 3.8) is 0 Å². The molecule has 22 heavy (non-hydrogen) atoms. The molecule has 0 spiro atoms. The average Bonchev–Trinajstić information content (AvgIpc) is 2.73. The minimum Gasteiger partial charge on any atom is -0.341 e. The SMILES string of the molecule is CC(CC(=O)N1CCCN(S(C)(=O)=O)CC1)C1CCNCC1. The number of sulfonamides is 1. The fraction of sp³-hybridized carbons (Fsp3) is 0.933. The van der Waals surface area contributed by atoms with Crippen LogP contribution in [0.5, 0.6) is 0 Å². The Morgan fingerprint density at radius 2 is 1.86 bits per heavy atom. The van der Waals surface area contributed by atoms with Crippen LogP contribution < -0.4 is 5.32 Å². The van der Waals surface area contributed by atoms with E-state index in [1.165, 1.54) is 10.6 Å². The van der Waals surface area contributed by atoms with Gasteiger partial charge in [-0.2, -0.15) is 0 Å². The zero-order valence-corrected chi connectivity index (χ0v) is 14.6. The summed E-state index contributed by atoms with van der Waals surface area (Å²) >= 11 is 0. The van der Waals surface area contributed by atoms with Crippen LogP contribution in [0.4, 0.5) is 0 Å². The van der Waals surface area contributed by atoms with Crippen LogP contribution in [0.1, 0.15) is 32.6 Å². The van der Waals surface area contributed by atoms with Crippen molar-refractivity contribution in [2.45, 2.75) is 32.6 Å². The first-order valence-electron chi connectivity index (χ1n) is 8.31. The molecular formula is C15H29N3O3S. The zero-order valence-electron chi connectivity index (χ0n) is 13.8. The van der Waals surface area contributed by atoms with Crippen molar-refractivity contribution in [3.05, 3.63) is 0 Å². The summed E-state index contributed by atoms with van der Waals surface area (Å²) in [4.78, 5) is 14.4. The van der Waals surface area contributed by atoms with Gasteiger partial charge in [-0.3, -0.25) is 4.79 Å². The molecule has 1 N–H and O–H groups in total. The van der Waals surface area contributed by atoms with Crippen molar-refractivity contribution in [1.82, 2.24) is 14.5 Å². The quantitative estimate of drug-likeness (QED) is 0.815. The molecule has 2 aliphatic heterocycles. The highest BCUT2D eigenvalue weighted by Crippen LogP contribution is 2.25. The van der Waals surface area contributed by atoms with Crippen molar-refractivity contribution < 1.29 is 13.2 Å². The lowest BCUT2D eigenvalue weighted by molar-refractivity contribution is -0.132. The van der Waals surface area contributed by atoms with E-state index < -0.39 is 10.0 Å². The van der Waals surface area contributed by atoms with Gasteiger partial charge in [0.2, 0.25) is 15.9 Å². The van der Waals surface area contributed by atoms with Crippen LogP contribution in [0.2, 0.25) is 0 Å². The van der Waals surface area contributed by atoms with Crippen LogP contribution in [0, 0.1) is 11.8 Å². The molecule has 0 aromatic carbocycles. The van der Waals surface area contributed by atoms with E-state index in [0.29, 0.717) is 44.4 Å². The molecule has 0 aliphatic carbocycles. The van der Waals surface area contributed by atoms with Crippen LogP contribution in [0.3, 0.4) is 0 Å². The van der Waals surface area contributed by atoms with Crippen LogP contribution >= 0.6 is 0 Å². The number of amides is 1. The molecule has 7 heteroatoms. The molecule has 6 nitrogen and oxygen atoms in total. The van der Waals surface area contributed by atoms with Crippen molar-refractivity contribution >= 4 is 15.9 Å². The average molecular weight is 331 g/mol. The second kappa shape index (κ2) is 7.75. The van der Waals surface area contributed by atoms with E-state index in [-0.39, 0.29) is 5.91 Å². The largest absolute Gasteiger partial charge is 0.341 e. The van der Waals surface area contributed by atoms with Gasteiger partial charge in [-0.25, -0.2) is 12.7 Å². The van der Waals surface area contributed by atoms with E-state index >= 15 is 0 Å². The van der Waals surface area contributed by atoms with Gasteiger partial charge in [-0.15, -0.1) is 0 Å². The van der Waals surface area contributed by atoms with Crippen LogP contribution in [-0.2, 0) is 14.8 Å². The molecule has 0 saturated carbocycles. The topological polar surface area (TPSA) is 69.7 Å². The van der Waals surface area contributed by atoms with Gasteiger partial charge >= 0.3 is 0 Å². The smallest absolute Gasteiger partial charge is 0.222 e. The predicted molar refractivity (Wildman–Crippen MR) is 87.0 cm³/mol. The Morgan fingerprint density at radius 1 is 1.18 bits per heavy atom. The monoisotopic (exact) mass is 331 g/mol. The van der Waals surface area contributed by atoms with Gasteiger partial charge < -0.3 is 10.2 Å². The second-order valence-electron chi connectivity index (χ2n) is 6.67. The van der Waals surface area contributed by atoms with Crippen LogP contribution in [0.25, 0.3) is 0 Å².